The van der Waals surface area contributed by atoms with Gasteiger partial charge in [0.15, 0.2) is 0 Å². The van der Waals surface area contributed by atoms with Gasteiger partial charge in [-0.15, -0.1) is 0 Å². The molecule has 1 heterocycles. The SMILES string of the molecule is C[C@@H](O)c1cn(Cc2ccccc2)cn1. The molecule has 0 fully saturated rings. The van der Waals surface area contributed by atoms with E-state index in [0.29, 0.717) is 5.69 Å². The molecule has 3 heteroatoms. The molecule has 1 N–H and O–H groups in total. The van der Waals surface area contributed by atoms with E-state index in [9.17, 15) is 5.11 Å². The highest BCUT2D eigenvalue weighted by molar-refractivity contribution is 5.15. The van der Waals surface area contributed by atoms with Gasteiger partial charge in [0.25, 0.3) is 0 Å². The first kappa shape index (κ1) is 9.93. The van der Waals surface area contributed by atoms with Crippen molar-refractivity contribution in [3.05, 3.63) is 54.1 Å². The molecule has 0 saturated carbocycles. The van der Waals surface area contributed by atoms with Crippen molar-refractivity contribution in [2.75, 3.05) is 0 Å². The van der Waals surface area contributed by atoms with Crippen LogP contribution in [0.4, 0.5) is 0 Å². The minimum Gasteiger partial charge on any atom is -0.387 e. The summed E-state index contributed by atoms with van der Waals surface area (Å²) in [6, 6.07) is 10.2. The van der Waals surface area contributed by atoms with Crippen LogP contribution in [0.3, 0.4) is 0 Å². The van der Waals surface area contributed by atoms with Gasteiger partial charge < -0.3 is 9.67 Å². The number of benzene rings is 1. The molecule has 0 bridgehead atoms. The van der Waals surface area contributed by atoms with E-state index in [-0.39, 0.29) is 0 Å². The number of nitrogens with zero attached hydrogens (tertiary/aromatic N) is 2. The summed E-state index contributed by atoms with van der Waals surface area (Å²) in [5.74, 6) is 0. The highest BCUT2D eigenvalue weighted by Gasteiger charge is 2.04. The first-order valence-electron chi connectivity index (χ1n) is 4.99. The molecule has 3 nitrogen and oxygen atoms in total. The largest absolute Gasteiger partial charge is 0.387 e. The van der Waals surface area contributed by atoms with Crippen LogP contribution in [0.15, 0.2) is 42.9 Å². The normalized spacial score (nSPS) is 12.7. The maximum atomic E-state index is 9.33. The van der Waals surface area contributed by atoms with E-state index >= 15 is 0 Å². The minimum atomic E-state index is -0.498. The van der Waals surface area contributed by atoms with Crippen molar-refractivity contribution >= 4 is 0 Å². The third kappa shape index (κ3) is 2.44. The van der Waals surface area contributed by atoms with E-state index in [0.717, 1.165) is 6.54 Å². The Morgan fingerprint density at radius 2 is 2.07 bits per heavy atom. The van der Waals surface area contributed by atoms with Crippen molar-refractivity contribution in [3.63, 3.8) is 0 Å². The van der Waals surface area contributed by atoms with Crippen LogP contribution in [0, 0.1) is 0 Å². The molecule has 0 saturated heterocycles. The Kier molecular flexibility index (Phi) is 2.83. The Morgan fingerprint density at radius 3 is 2.67 bits per heavy atom. The van der Waals surface area contributed by atoms with E-state index in [2.05, 4.69) is 17.1 Å². The fourth-order valence-corrected chi connectivity index (χ4v) is 1.47. The molecule has 0 unspecified atom stereocenters. The van der Waals surface area contributed by atoms with Crippen molar-refractivity contribution in [1.82, 2.24) is 9.55 Å². The van der Waals surface area contributed by atoms with E-state index < -0.39 is 6.10 Å². The topological polar surface area (TPSA) is 38.0 Å². The molecule has 0 aliphatic rings. The number of hydrogen-bond donors (Lipinski definition) is 1. The average Bonchev–Trinajstić information content (AvgIpc) is 2.68. The molecule has 0 aliphatic heterocycles. The van der Waals surface area contributed by atoms with Gasteiger partial charge in [0.05, 0.1) is 18.1 Å². The predicted octanol–water partition coefficient (Wildman–Crippen LogP) is 1.98. The van der Waals surface area contributed by atoms with Crippen molar-refractivity contribution in [3.8, 4) is 0 Å². The number of hydrogen-bond acceptors (Lipinski definition) is 2. The van der Waals surface area contributed by atoms with Crippen LogP contribution in [-0.2, 0) is 6.54 Å². The number of aromatic nitrogens is 2. The Hall–Kier alpha value is -1.61. The number of aliphatic hydroxyl groups excluding tert-OH is 1. The second-order valence-electron chi connectivity index (χ2n) is 3.63. The lowest BCUT2D eigenvalue weighted by Crippen LogP contribution is -1.96. The fourth-order valence-electron chi connectivity index (χ4n) is 1.47. The van der Waals surface area contributed by atoms with Gasteiger partial charge in [0, 0.05) is 12.7 Å². The van der Waals surface area contributed by atoms with Crippen molar-refractivity contribution in [1.29, 1.82) is 0 Å². The molecule has 0 aliphatic carbocycles. The average molecular weight is 202 g/mol. The Balaban J connectivity index is 2.12. The summed E-state index contributed by atoms with van der Waals surface area (Å²) in [5.41, 5.74) is 1.94. The van der Waals surface area contributed by atoms with Crippen LogP contribution in [-0.4, -0.2) is 14.7 Å². The third-order valence-corrected chi connectivity index (χ3v) is 2.29. The first-order chi connectivity index (χ1) is 7.25. The van der Waals surface area contributed by atoms with Gasteiger partial charge in [0.2, 0.25) is 0 Å². The maximum absolute atomic E-state index is 9.33. The molecule has 1 aromatic heterocycles. The number of imidazole rings is 1. The molecule has 0 amide bonds. The van der Waals surface area contributed by atoms with Gasteiger partial charge in [-0.2, -0.15) is 0 Å². The molecule has 15 heavy (non-hydrogen) atoms. The summed E-state index contributed by atoms with van der Waals surface area (Å²) in [6.45, 7) is 2.51. The zero-order valence-corrected chi connectivity index (χ0v) is 8.67. The third-order valence-electron chi connectivity index (χ3n) is 2.29. The summed E-state index contributed by atoms with van der Waals surface area (Å²) >= 11 is 0. The van der Waals surface area contributed by atoms with Crippen LogP contribution in [0.2, 0.25) is 0 Å². The van der Waals surface area contributed by atoms with Gasteiger partial charge >= 0.3 is 0 Å². The summed E-state index contributed by atoms with van der Waals surface area (Å²) in [7, 11) is 0. The zero-order chi connectivity index (χ0) is 10.7. The molecule has 78 valence electrons. The quantitative estimate of drug-likeness (QED) is 0.826. The zero-order valence-electron chi connectivity index (χ0n) is 8.67. The second kappa shape index (κ2) is 4.28. The van der Waals surface area contributed by atoms with E-state index in [1.54, 1.807) is 13.3 Å². The lowest BCUT2D eigenvalue weighted by Gasteiger charge is -2.01. The van der Waals surface area contributed by atoms with Crippen molar-refractivity contribution in [2.45, 2.75) is 19.6 Å². The van der Waals surface area contributed by atoms with Gasteiger partial charge in [-0.3, -0.25) is 0 Å². The second-order valence-corrected chi connectivity index (χ2v) is 3.63. The summed E-state index contributed by atoms with van der Waals surface area (Å²) in [5, 5.41) is 9.33. The van der Waals surface area contributed by atoms with Crippen molar-refractivity contribution < 1.29 is 5.11 Å². The summed E-state index contributed by atoms with van der Waals surface area (Å²) in [4.78, 5) is 4.12. The molecule has 1 atom stereocenters. The van der Waals surface area contributed by atoms with Crippen LogP contribution in [0.5, 0.6) is 0 Å². The summed E-state index contributed by atoms with van der Waals surface area (Å²) < 4.78 is 1.97. The molecule has 0 spiro atoms. The highest BCUT2D eigenvalue weighted by atomic mass is 16.3. The van der Waals surface area contributed by atoms with E-state index in [1.165, 1.54) is 5.56 Å². The van der Waals surface area contributed by atoms with Crippen molar-refractivity contribution in [2.24, 2.45) is 0 Å². The van der Waals surface area contributed by atoms with Crippen LogP contribution in [0.25, 0.3) is 0 Å². The lowest BCUT2D eigenvalue weighted by atomic mass is 10.2. The molecular formula is C12H14N2O. The van der Waals surface area contributed by atoms with Crippen LogP contribution >= 0.6 is 0 Å². The van der Waals surface area contributed by atoms with Crippen LogP contribution in [0.1, 0.15) is 24.3 Å². The maximum Gasteiger partial charge on any atom is 0.0953 e. The van der Waals surface area contributed by atoms with E-state index in [1.807, 2.05) is 29.0 Å². The molecule has 2 rings (SSSR count). The minimum absolute atomic E-state index is 0.498. The van der Waals surface area contributed by atoms with E-state index in [4.69, 9.17) is 0 Å². The fraction of sp³-hybridized carbons (Fsp3) is 0.250. The van der Waals surface area contributed by atoms with Gasteiger partial charge in [0.1, 0.15) is 0 Å². The molecule has 2 aromatic rings. The van der Waals surface area contributed by atoms with Crippen LogP contribution < -0.4 is 0 Å². The number of rotatable bonds is 3. The molecule has 0 radical (unpaired) electrons. The Bertz CT molecular complexity index is 420. The number of aliphatic hydroxyl groups is 1. The highest BCUT2D eigenvalue weighted by Crippen LogP contribution is 2.09. The standard InChI is InChI=1S/C12H14N2O/c1-10(15)12-8-14(9-13-12)7-11-5-3-2-4-6-11/h2-6,8-10,15H,7H2,1H3/t10-/m1/s1. The summed E-state index contributed by atoms with van der Waals surface area (Å²) in [6.07, 6.45) is 3.12. The van der Waals surface area contributed by atoms with Gasteiger partial charge in [-0.05, 0) is 12.5 Å². The Labute approximate surface area is 89.0 Å². The first-order valence-corrected chi connectivity index (χ1v) is 4.99. The smallest absolute Gasteiger partial charge is 0.0953 e. The monoisotopic (exact) mass is 202 g/mol. The lowest BCUT2D eigenvalue weighted by molar-refractivity contribution is 0.195. The van der Waals surface area contributed by atoms with Gasteiger partial charge in [-0.1, -0.05) is 30.3 Å². The molecular weight excluding hydrogens is 188 g/mol. The Morgan fingerprint density at radius 1 is 1.33 bits per heavy atom. The molecule has 1 aromatic carbocycles. The predicted molar refractivity (Wildman–Crippen MR) is 58.4 cm³/mol. The van der Waals surface area contributed by atoms with Gasteiger partial charge in [-0.25, -0.2) is 4.98 Å².